The molecule has 2 aliphatic rings. The molecule has 1 saturated heterocycles. The SMILES string of the molecule is COc1ccccc1C(C)NC(=O)c1ccc2c(c1)CN(C1CCC(=O)NC1=O)C2=O. The summed E-state index contributed by atoms with van der Waals surface area (Å²) < 4.78 is 5.36. The minimum atomic E-state index is -0.680. The van der Waals surface area contributed by atoms with Crippen molar-refractivity contribution in [1.82, 2.24) is 15.5 Å². The van der Waals surface area contributed by atoms with Crippen LogP contribution in [0.25, 0.3) is 0 Å². The normalized spacial score (nSPS) is 19.0. The van der Waals surface area contributed by atoms with E-state index in [1.54, 1.807) is 25.3 Å². The molecule has 0 aromatic heterocycles. The highest BCUT2D eigenvalue weighted by Gasteiger charge is 2.39. The number of hydrogen-bond donors (Lipinski definition) is 2. The standard InChI is InChI=1S/C23H23N3O5/c1-13(16-5-3-4-6-19(16)31-2)24-21(28)14-7-8-17-15(11-14)12-26(23(17)30)18-9-10-20(27)25-22(18)29/h3-8,11,13,18H,9-10,12H2,1-2H3,(H,24,28)(H,25,27,29). The molecule has 31 heavy (non-hydrogen) atoms. The van der Waals surface area contributed by atoms with Crippen molar-refractivity contribution in [2.75, 3.05) is 7.11 Å². The van der Waals surface area contributed by atoms with Crippen molar-refractivity contribution in [2.24, 2.45) is 0 Å². The predicted molar refractivity (Wildman–Crippen MR) is 111 cm³/mol. The van der Waals surface area contributed by atoms with Gasteiger partial charge in [-0.05, 0) is 43.2 Å². The van der Waals surface area contributed by atoms with Crippen molar-refractivity contribution in [1.29, 1.82) is 0 Å². The summed E-state index contributed by atoms with van der Waals surface area (Å²) in [6.07, 6.45) is 0.499. The zero-order valence-corrected chi connectivity index (χ0v) is 17.3. The average molecular weight is 421 g/mol. The number of rotatable bonds is 5. The molecule has 2 unspecified atom stereocenters. The number of imide groups is 1. The van der Waals surface area contributed by atoms with Crippen molar-refractivity contribution < 1.29 is 23.9 Å². The Morgan fingerprint density at radius 3 is 2.71 bits per heavy atom. The van der Waals surface area contributed by atoms with Gasteiger partial charge in [0.25, 0.3) is 11.8 Å². The van der Waals surface area contributed by atoms with Gasteiger partial charge >= 0.3 is 0 Å². The van der Waals surface area contributed by atoms with Crippen LogP contribution in [0.5, 0.6) is 5.75 Å². The molecule has 4 rings (SSSR count). The maximum absolute atomic E-state index is 12.8. The van der Waals surface area contributed by atoms with Crippen LogP contribution >= 0.6 is 0 Å². The Morgan fingerprint density at radius 1 is 1.19 bits per heavy atom. The summed E-state index contributed by atoms with van der Waals surface area (Å²) in [5, 5.41) is 5.24. The van der Waals surface area contributed by atoms with Crippen LogP contribution in [-0.2, 0) is 16.1 Å². The second-order valence-corrected chi connectivity index (χ2v) is 7.71. The molecule has 2 aromatic carbocycles. The van der Waals surface area contributed by atoms with Crippen LogP contribution < -0.4 is 15.4 Å². The van der Waals surface area contributed by atoms with Crippen molar-refractivity contribution in [3.8, 4) is 5.75 Å². The average Bonchev–Trinajstić information content (AvgIpc) is 3.09. The number of carbonyl (C=O) groups excluding carboxylic acids is 4. The number of amides is 4. The first-order valence-corrected chi connectivity index (χ1v) is 10.1. The monoisotopic (exact) mass is 421 g/mol. The topological polar surface area (TPSA) is 105 Å². The van der Waals surface area contributed by atoms with Crippen molar-refractivity contribution in [3.05, 3.63) is 64.7 Å². The van der Waals surface area contributed by atoms with Gasteiger partial charge in [-0.2, -0.15) is 0 Å². The van der Waals surface area contributed by atoms with Gasteiger partial charge in [0.2, 0.25) is 11.8 Å². The largest absolute Gasteiger partial charge is 0.496 e. The lowest BCUT2D eigenvalue weighted by molar-refractivity contribution is -0.136. The van der Waals surface area contributed by atoms with Gasteiger partial charge in [-0.3, -0.25) is 24.5 Å². The second-order valence-electron chi connectivity index (χ2n) is 7.71. The first-order valence-electron chi connectivity index (χ1n) is 10.1. The van der Waals surface area contributed by atoms with E-state index >= 15 is 0 Å². The Hall–Kier alpha value is -3.68. The molecule has 8 nitrogen and oxygen atoms in total. The summed E-state index contributed by atoms with van der Waals surface area (Å²) in [4.78, 5) is 50.6. The second kappa shape index (κ2) is 8.22. The number of benzene rings is 2. The molecule has 8 heteroatoms. The molecule has 0 bridgehead atoms. The number of ether oxygens (including phenoxy) is 1. The van der Waals surface area contributed by atoms with E-state index in [1.165, 1.54) is 4.90 Å². The lowest BCUT2D eigenvalue weighted by atomic mass is 10.0. The zero-order valence-electron chi connectivity index (χ0n) is 17.3. The van der Waals surface area contributed by atoms with Crippen molar-refractivity contribution in [2.45, 2.75) is 38.4 Å². The molecule has 0 aliphatic carbocycles. The number of piperidine rings is 1. The maximum Gasteiger partial charge on any atom is 0.255 e. The first kappa shape index (κ1) is 20.6. The number of fused-ring (bicyclic) bond motifs is 1. The van der Waals surface area contributed by atoms with Gasteiger partial charge in [0.05, 0.1) is 13.2 Å². The number of nitrogens with one attached hydrogen (secondary N) is 2. The van der Waals surface area contributed by atoms with E-state index in [1.807, 2.05) is 31.2 Å². The predicted octanol–water partition coefficient (Wildman–Crippen LogP) is 1.95. The molecule has 4 amide bonds. The lowest BCUT2D eigenvalue weighted by Crippen LogP contribution is -2.52. The van der Waals surface area contributed by atoms with Crippen LogP contribution in [0.3, 0.4) is 0 Å². The molecule has 2 N–H and O–H groups in total. The van der Waals surface area contributed by atoms with Gasteiger partial charge in [-0.1, -0.05) is 18.2 Å². The molecule has 1 fully saturated rings. The van der Waals surface area contributed by atoms with Crippen LogP contribution in [0.4, 0.5) is 0 Å². The fourth-order valence-electron chi connectivity index (χ4n) is 4.10. The maximum atomic E-state index is 12.8. The molecule has 2 atom stereocenters. The minimum Gasteiger partial charge on any atom is -0.496 e. The van der Waals surface area contributed by atoms with E-state index < -0.39 is 11.9 Å². The molecule has 0 radical (unpaired) electrons. The molecule has 160 valence electrons. The van der Waals surface area contributed by atoms with Crippen LogP contribution in [0.2, 0.25) is 0 Å². The highest BCUT2D eigenvalue weighted by Crippen LogP contribution is 2.29. The van der Waals surface area contributed by atoms with Gasteiger partial charge in [0, 0.05) is 29.7 Å². The Morgan fingerprint density at radius 2 is 1.97 bits per heavy atom. The van der Waals surface area contributed by atoms with Gasteiger partial charge in [0.15, 0.2) is 0 Å². The van der Waals surface area contributed by atoms with E-state index in [0.29, 0.717) is 28.9 Å². The fourth-order valence-corrected chi connectivity index (χ4v) is 4.10. The molecule has 2 aliphatic heterocycles. The van der Waals surface area contributed by atoms with E-state index in [0.717, 1.165) is 5.56 Å². The molecule has 2 aromatic rings. The number of nitrogens with zero attached hydrogens (tertiary/aromatic N) is 1. The fraction of sp³-hybridized carbons (Fsp3) is 0.304. The van der Waals surface area contributed by atoms with Gasteiger partial charge in [-0.25, -0.2) is 0 Å². The Kier molecular flexibility index (Phi) is 5.46. The van der Waals surface area contributed by atoms with Crippen LogP contribution in [0.1, 0.15) is 57.7 Å². The Balaban J connectivity index is 1.50. The summed E-state index contributed by atoms with van der Waals surface area (Å²) in [6, 6.07) is 11.4. The number of hydrogen-bond acceptors (Lipinski definition) is 5. The molecular formula is C23H23N3O5. The Bertz CT molecular complexity index is 1080. The smallest absolute Gasteiger partial charge is 0.255 e. The third-order valence-corrected chi connectivity index (χ3v) is 5.74. The van der Waals surface area contributed by atoms with Crippen LogP contribution in [-0.4, -0.2) is 41.7 Å². The lowest BCUT2D eigenvalue weighted by Gasteiger charge is -2.29. The van der Waals surface area contributed by atoms with E-state index in [-0.39, 0.29) is 36.7 Å². The van der Waals surface area contributed by atoms with Crippen LogP contribution in [0, 0.1) is 0 Å². The quantitative estimate of drug-likeness (QED) is 0.718. The molecule has 2 heterocycles. The minimum absolute atomic E-state index is 0.199. The summed E-state index contributed by atoms with van der Waals surface area (Å²) in [7, 11) is 1.58. The third-order valence-electron chi connectivity index (χ3n) is 5.74. The zero-order chi connectivity index (χ0) is 22.1. The molecular weight excluding hydrogens is 398 g/mol. The highest BCUT2D eigenvalue weighted by atomic mass is 16.5. The Labute approximate surface area is 179 Å². The number of para-hydroxylation sites is 1. The van der Waals surface area contributed by atoms with E-state index in [2.05, 4.69) is 10.6 Å². The summed E-state index contributed by atoms with van der Waals surface area (Å²) in [6.45, 7) is 2.10. The number of carbonyl (C=O) groups is 4. The van der Waals surface area contributed by atoms with Crippen LogP contribution in [0.15, 0.2) is 42.5 Å². The van der Waals surface area contributed by atoms with Crippen molar-refractivity contribution >= 4 is 23.6 Å². The van der Waals surface area contributed by atoms with Gasteiger partial charge in [0.1, 0.15) is 11.8 Å². The van der Waals surface area contributed by atoms with E-state index in [9.17, 15) is 19.2 Å². The van der Waals surface area contributed by atoms with E-state index in [4.69, 9.17) is 4.74 Å². The van der Waals surface area contributed by atoms with Crippen molar-refractivity contribution in [3.63, 3.8) is 0 Å². The number of methoxy groups -OCH3 is 1. The summed E-state index contributed by atoms with van der Waals surface area (Å²) in [5.41, 5.74) is 2.45. The van der Waals surface area contributed by atoms with Gasteiger partial charge in [-0.15, -0.1) is 0 Å². The third kappa shape index (κ3) is 3.88. The molecule has 0 spiro atoms. The highest BCUT2D eigenvalue weighted by molar-refractivity contribution is 6.06. The summed E-state index contributed by atoms with van der Waals surface area (Å²) >= 11 is 0. The van der Waals surface area contributed by atoms with Gasteiger partial charge < -0.3 is 15.0 Å². The first-order chi connectivity index (χ1) is 14.9. The molecule has 0 saturated carbocycles. The summed E-state index contributed by atoms with van der Waals surface area (Å²) in [5.74, 6) is -0.628.